The number of alkyl halides is 2. The average Bonchev–Trinajstić information content (AvgIpc) is 3.33. The van der Waals surface area contributed by atoms with Crippen molar-refractivity contribution in [2.45, 2.75) is 29.9 Å². The lowest BCUT2D eigenvalue weighted by molar-refractivity contribution is -0.154. The first-order valence-electron chi connectivity index (χ1n) is 9.96. The van der Waals surface area contributed by atoms with Crippen LogP contribution in [0.4, 0.5) is 5.69 Å². The third kappa shape index (κ3) is 3.88. The molecule has 1 aromatic rings. The number of esters is 1. The van der Waals surface area contributed by atoms with Gasteiger partial charge in [0, 0.05) is 19.8 Å². The number of anilines is 1. The molecule has 3 amide bonds. The largest absolute Gasteiger partial charge is 0.454 e. The van der Waals surface area contributed by atoms with Gasteiger partial charge >= 0.3 is 5.97 Å². The summed E-state index contributed by atoms with van der Waals surface area (Å²) in [7, 11) is 0. The molecule has 3 fully saturated rings. The minimum Gasteiger partial charge on any atom is -0.454 e. The maximum absolute atomic E-state index is 12.8. The number of nitrogens with one attached hydrogen (secondary N) is 1. The summed E-state index contributed by atoms with van der Waals surface area (Å²) >= 11 is 10.7. The summed E-state index contributed by atoms with van der Waals surface area (Å²) in [6, 6.07) is 3.59. The molecule has 2 aliphatic carbocycles. The van der Waals surface area contributed by atoms with Crippen LogP contribution < -0.4 is 5.32 Å². The van der Waals surface area contributed by atoms with Crippen molar-refractivity contribution in [1.82, 2.24) is 4.90 Å². The molecule has 2 saturated carbocycles. The zero-order valence-electron chi connectivity index (χ0n) is 16.9. The minimum atomic E-state index is -0.779. The van der Waals surface area contributed by atoms with Crippen LogP contribution in [0.3, 0.4) is 0 Å². The molecule has 3 aliphatic rings. The number of carbonyl (C=O) groups excluding carboxylic acids is 4. The highest BCUT2D eigenvalue weighted by Crippen LogP contribution is 2.60. The van der Waals surface area contributed by atoms with Crippen LogP contribution in [0.2, 0.25) is 0 Å². The lowest BCUT2D eigenvalue weighted by atomic mass is 9.81. The second-order valence-corrected chi connectivity index (χ2v) is 11.3. The van der Waals surface area contributed by atoms with Crippen molar-refractivity contribution in [2.75, 3.05) is 18.5 Å². The highest BCUT2D eigenvalue weighted by Gasteiger charge is 2.66. The van der Waals surface area contributed by atoms with E-state index in [1.54, 1.807) is 6.07 Å². The molecular formula is C21H21Br3N2O5. The summed E-state index contributed by atoms with van der Waals surface area (Å²) in [4.78, 5) is 51.4. The van der Waals surface area contributed by atoms with Crippen molar-refractivity contribution in [2.24, 2.45) is 23.7 Å². The van der Waals surface area contributed by atoms with Crippen LogP contribution in [0.15, 0.2) is 16.6 Å². The maximum atomic E-state index is 12.8. The van der Waals surface area contributed by atoms with Gasteiger partial charge in [0.25, 0.3) is 5.91 Å². The predicted octanol–water partition coefficient (Wildman–Crippen LogP) is 3.33. The van der Waals surface area contributed by atoms with Crippen molar-refractivity contribution in [1.29, 1.82) is 0 Å². The molecule has 6 atom stereocenters. The molecule has 1 aliphatic heterocycles. The van der Waals surface area contributed by atoms with Crippen LogP contribution >= 0.6 is 47.8 Å². The number of imide groups is 1. The van der Waals surface area contributed by atoms with Crippen molar-refractivity contribution < 1.29 is 23.9 Å². The Morgan fingerprint density at radius 2 is 1.65 bits per heavy atom. The second-order valence-electron chi connectivity index (χ2n) is 8.32. The topological polar surface area (TPSA) is 92.8 Å². The highest BCUT2D eigenvalue weighted by molar-refractivity contribution is 9.12. The lowest BCUT2D eigenvalue weighted by Crippen LogP contribution is -2.38. The molecule has 0 spiro atoms. The number of halogens is 3. The number of hydrogen-bond donors (Lipinski definition) is 1. The Hall–Kier alpha value is -1.26. The first-order valence-corrected chi connectivity index (χ1v) is 12.6. The number of fused-ring (bicyclic) bond motifs is 5. The van der Waals surface area contributed by atoms with Gasteiger partial charge in [0.1, 0.15) is 6.54 Å². The molecule has 10 heteroatoms. The van der Waals surface area contributed by atoms with Crippen LogP contribution in [0.5, 0.6) is 0 Å². The number of nitrogens with zero attached hydrogens (tertiary/aromatic N) is 1. The first kappa shape index (κ1) is 22.9. The molecule has 1 saturated heterocycles. The molecule has 4 rings (SSSR count). The normalized spacial score (nSPS) is 31.2. The van der Waals surface area contributed by atoms with Gasteiger partial charge in [-0.05, 0) is 55.4 Å². The van der Waals surface area contributed by atoms with E-state index in [0.717, 1.165) is 26.9 Å². The molecule has 7 nitrogen and oxygen atoms in total. The summed E-state index contributed by atoms with van der Waals surface area (Å²) in [5.74, 6) is -2.48. The standard InChI is InChI=1S/C21H21Br3N2O5/c1-8-9(2)13(4-3-12(8)22)25-14(27)7-31-15(28)6-26-20(29)16-10-5-11(17(16)21(26)30)19(24)18(10)23/h3-4,10-11,16-19H,5-7H2,1-2H3,(H,25,27)/t10-,11-,16-,17+,18-,19+/m1/s1. The Balaban J connectivity index is 1.33. The molecule has 0 aromatic heterocycles. The van der Waals surface area contributed by atoms with Crippen molar-refractivity contribution in [3.8, 4) is 0 Å². The van der Waals surface area contributed by atoms with E-state index in [1.165, 1.54) is 0 Å². The smallest absolute Gasteiger partial charge is 0.326 e. The highest BCUT2D eigenvalue weighted by atomic mass is 79.9. The molecule has 1 aromatic carbocycles. The van der Waals surface area contributed by atoms with Crippen LogP contribution in [-0.2, 0) is 23.9 Å². The number of amides is 3. The van der Waals surface area contributed by atoms with Gasteiger partial charge in [-0.2, -0.15) is 0 Å². The third-order valence-corrected chi connectivity index (χ3v) is 10.8. The van der Waals surface area contributed by atoms with E-state index in [0.29, 0.717) is 5.69 Å². The van der Waals surface area contributed by atoms with E-state index in [4.69, 9.17) is 4.74 Å². The molecule has 0 unspecified atom stereocenters. The van der Waals surface area contributed by atoms with E-state index in [-0.39, 0.29) is 45.1 Å². The molecule has 0 radical (unpaired) electrons. The third-order valence-electron chi connectivity index (χ3n) is 6.73. The van der Waals surface area contributed by atoms with Gasteiger partial charge in [0.15, 0.2) is 6.61 Å². The van der Waals surface area contributed by atoms with Crippen molar-refractivity contribution >= 4 is 77.2 Å². The van der Waals surface area contributed by atoms with Crippen LogP contribution in [0.25, 0.3) is 0 Å². The fourth-order valence-electron chi connectivity index (χ4n) is 5.00. The van der Waals surface area contributed by atoms with Gasteiger partial charge in [-0.25, -0.2) is 0 Å². The molecule has 31 heavy (non-hydrogen) atoms. The van der Waals surface area contributed by atoms with Crippen molar-refractivity contribution in [3.05, 3.63) is 27.7 Å². The van der Waals surface area contributed by atoms with E-state index in [2.05, 4.69) is 53.1 Å². The number of rotatable bonds is 5. The molecule has 1 N–H and O–H groups in total. The quantitative estimate of drug-likeness (QED) is 0.310. The van der Waals surface area contributed by atoms with E-state index < -0.39 is 25.0 Å². The predicted molar refractivity (Wildman–Crippen MR) is 124 cm³/mol. The zero-order chi connectivity index (χ0) is 22.6. The van der Waals surface area contributed by atoms with E-state index in [1.807, 2.05) is 19.9 Å². The number of carbonyl (C=O) groups is 4. The molecule has 2 bridgehead atoms. The van der Waals surface area contributed by atoms with Crippen LogP contribution in [0.1, 0.15) is 17.5 Å². The van der Waals surface area contributed by atoms with Gasteiger partial charge < -0.3 is 10.1 Å². The van der Waals surface area contributed by atoms with Gasteiger partial charge in [-0.3, -0.25) is 24.1 Å². The number of likely N-dealkylation sites (tertiary alicyclic amines) is 1. The number of ether oxygens (including phenoxy) is 1. The Bertz CT molecular complexity index is 952. The molecule has 1 heterocycles. The number of hydrogen-bond acceptors (Lipinski definition) is 5. The summed E-state index contributed by atoms with van der Waals surface area (Å²) < 4.78 is 5.97. The summed E-state index contributed by atoms with van der Waals surface area (Å²) in [6.07, 6.45) is 0.825. The van der Waals surface area contributed by atoms with E-state index in [9.17, 15) is 19.2 Å². The minimum absolute atomic E-state index is 0.0835. The summed E-state index contributed by atoms with van der Waals surface area (Å²) in [5.41, 5.74) is 2.53. The lowest BCUT2D eigenvalue weighted by Gasteiger charge is -2.28. The van der Waals surface area contributed by atoms with Crippen LogP contribution in [-0.4, -0.2) is 51.4 Å². The Labute approximate surface area is 205 Å². The second kappa shape index (κ2) is 8.59. The maximum Gasteiger partial charge on any atom is 0.326 e. The summed E-state index contributed by atoms with van der Waals surface area (Å²) in [6.45, 7) is 2.85. The monoisotopic (exact) mass is 618 g/mol. The van der Waals surface area contributed by atoms with Crippen LogP contribution in [0, 0.1) is 37.5 Å². The van der Waals surface area contributed by atoms with E-state index >= 15 is 0 Å². The van der Waals surface area contributed by atoms with Gasteiger partial charge in [0.2, 0.25) is 11.8 Å². The summed E-state index contributed by atoms with van der Waals surface area (Å²) in [5, 5.41) is 2.71. The Morgan fingerprint density at radius 1 is 1.06 bits per heavy atom. The zero-order valence-corrected chi connectivity index (χ0v) is 21.6. The Morgan fingerprint density at radius 3 is 2.23 bits per heavy atom. The SMILES string of the molecule is Cc1c(Br)ccc(NC(=O)COC(=O)CN2C(=O)[C@@H]3[C@H]4C[C@@H]([C@H](Br)[C@@H]4Br)[C@@H]3C2=O)c1C. The van der Waals surface area contributed by atoms with Gasteiger partial charge in [-0.1, -0.05) is 47.8 Å². The average molecular weight is 621 g/mol. The van der Waals surface area contributed by atoms with Gasteiger partial charge in [0.05, 0.1) is 11.8 Å². The first-order chi connectivity index (χ1) is 14.6. The fraction of sp³-hybridized carbons (Fsp3) is 0.524. The molecular weight excluding hydrogens is 600 g/mol. The molecule has 166 valence electrons. The van der Waals surface area contributed by atoms with Crippen molar-refractivity contribution in [3.63, 3.8) is 0 Å². The Kier molecular flexibility index (Phi) is 6.35. The number of benzene rings is 1. The van der Waals surface area contributed by atoms with Gasteiger partial charge in [-0.15, -0.1) is 0 Å². The fourth-order valence-corrected chi connectivity index (χ4v) is 7.30.